The molecule has 0 unspecified atom stereocenters. The maximum absolute atomic E-state index is 6.07. The maximum atomic E-state index is 6.07. The molecule has 0 bridgehead atoms. The van der Waals surface area contributed by atoms with Gasteiger partial charge in [-0.15, -0.1) is 10.2 Å². The van der Waals surface area contributed by atoms with Gasteiger partial charge in [0, 0.05) is 23.8 Å². The van der Waals surface area contributed by atoms with Crippen molar-refractivity contribution in [3.8, 4) is 0 Å². The van der Waals surface area contributed by atoms with E-state index in [0.717, 1.165) is 35.1 Å². The average Bonchev–Trinajstić information content (AvgIpc) is 3.19. The summed E-state index contributed by atoms with van der Waals surface area (Å²) >= 11 is 3.51. The van der Waals surface area contributed by atoms with Crippen LogP contribution in [-0.4, -0.2) is 39.9 Å². The van der Waals surface area contributed by atoms with Gasteiger partial charge in [0.1, 0.15) is 0 Å². The fourth-order valence-corrected chi connectivity index (χ4v) is 3.28. The number of fused-ring (bicyclic) bond motifs is 1. The summed E-state index contributed by atoms with van der Waals surface area (Å²) in [5.74, 6) is 1.66. The van der Waals surface area contributed by atoms with E-state index in [1.54, 1.807) is 0 Å². The predicted molar refractivity (Wildman–Crippen MR) is 80.0 cm³/mol. The highest BCUT2D eigenvalue weighted by molar-refractivity contribution is 9.10. The van der Waals surface area contributed by atoms with E-state index >= 15 is 0 Å². The van der Waals surface area contributed by atoms with Crippen LogP contribution in [0.15, 0.2) is 22.8 Å². The molecule has 0 radical (unpaired) electrons. The molecule has 0 N–H and O–H groups in total. The number of anilines is 1. The first-order valence-electron chi connectivity index (χ1n) is 7.11. The minimum absolute atomic E-state index is 0.244. The summed E-state index contributed by atoms with van der Waals surface area (Å²) in [6, 6.07) is 3.96. The number of hydrogen-bond donors (Lipinski definition) is 0. The van der Waals surface area contributed by atoms with Crippen LogP contribution in [0.1, 0.15) is 19.8 Å². The van der Waals surface area contributed by atoms with Gasteiger partial charge in [0.15, 0.2) is 5.65 Å². The van der Waals surface area contributed by atoms with Gasteiger partial charge in [-0.2, -0.15) is 0 Å². The number of ether oxygens (including phenoxy) is 1. The van der Waals surface area contributed by atoms with Crippen LogP contribution in [0.25, 0.3) is 5.65 Å². The zero-order valence-electron chi connectivity index (χ0n) is 11.4. The molecule has 20 heavy (non-hydrogen) atoms. The van der Waals surface area contributed by atoms with E-state index in [4.69, 9.17) is 4.74 Å². The zero-order valence-corrected chi connectivity index (χ0v) is 13.0. The number of halogens is 1. The lowest BCUT2D eigenvalue weighted by molar-refractivity contribution is -0.0276. The third-order valence-corrected chi connectivity index (χ3v) is 4.53. The van der Waals surface area contributed by atoms with Crippen LogP contribution in [0, 0.1) is 5.92 Å². The Morgan fingerprint density at radius 1 is 1.25 bits per heavy atom. The Kier molecular flexibility index (Phi) is 2.96. The van der Waals surface area contributed by atoms with Gasteiger partial charge >= 0.3 is 0 Å². The van der Waals surface area contributed by atoms with Crippen LogP contribution < -0.4 is 4.90 Å². The average molecular weight is 337 g/mol. The third-order valence-electron chi connectivity index (χ3n) is 4.06. The van der Waals surface area contributed by atoms with Crippen LogP contribution in [0.5, 0.6) is 0 Å². The van der Waals surface area contributed by atoms with Gasteiger partial charge in [0.2, 0.25) is 5.95 Å². The number of aromatic nitrogens is 3. The zero-order chi connectivity index (χ0) is 13.7. The molecule has 2 atom stereocenters. The molecule has 3 heterocycles. The largest absolute Gasteiger partial charge is 0.371 e. The number of nitrogens with zero attached hydrogens (tertiary/aromatic N) is 4. The first-order valence-corrected chi connectivity index (χ1v) is 7.91. The fourth-order valence-electron chi connectivity index (χ4n) is 2.95. The highest BCUT2D eigenvalue weighted by Gasteiger charge is 2.38. The van der Waals surface area contributed by atoms with Crippen molar-refractivity contribution < 1.29 is 4.74 Å². The van der Waals surface area contributed by atoms with Gasteiger partial charge in [-0.1, -0.05) is 0 Å². The normalized spacial score (nSPS) is 27.2. The molecule has 1 aliphatic carbocycles. The summed E-state index contributed by atoms with van der Waals surface area (Å²) in [6.45, 7) is 3.93. The van der Waals surface area contributed by atoms with Crippen molar-refractivity contribution in [3.63, 3.8) is 0 Å². The monoisotopic (exact) mass is 336 g/mol. The number of hydrogen-bond acceptors (Lipinski definition) is 4. The smallest absolute Gasteiger partial charge is 0.231 e. The maximum Gasteiger partial charge on any atom is 0.231 e. The predicted octanol–water partition coefficient (Wildman–Crippen LogP) is 2.50. The van der Waals surface area contributed by atoms with E-state index in [1.807, 2.05) is 22.7 Å². The van der Waals surface area contributed by atoms with Gasteiger partial charge in [-0.05, 0) is 53.7 Å². The molecule has 0 spiro atoms. The highest BCUT2D eigenvalue weighted by Crippen LogP contribution is 2.37. The molecular weight excluding hydrogens is 320 g/mol. The van der Waals surface area contributed by atoms with E-state index in [0.29, 0.717) is 6.10 Å². The van der Waals surface area contributed by atoms with E-state index in [9.17, 15) is 0 Å². The Morgan fingerprint density at radius 2 is 2.10 bits per heavy atom. The lowest BCUT2D eigenvalue weighted by atomic mass is 10.1. The summed E-state index contributed by atoms with van der Waals surface area (Å²) in [6.07, 6.45) is 5.22. The van der Waals surface area contributed by atoms with E-state index in [1.165, 1.54) is 12.8 Å². The second-order valence-corrected chi connectivity index (χ2v) is 6.72. The molecule has 2 aromatic rings. The van der Waals surface area contributed by atoms with Gasteiger partial charge in [-0.3, -0.25) is 4.40 Å². The molecule has 0 aromatic carbocycles. The molecule has 0 amide bonds. The highest BCUT2D eigenvalue weighted by atomic mass is 79.9. The molecule has 1 saturated carbocycles. The van der Waals surface area contributed by atoms with Crippen molar-refractivity contribution in [3.05, 3.63) is 22.8 Å². The van der Waals surface area contributed by atoms with Gasteiger partial charge in [0.25, 0.3) is 0 Å². The summed E-state index contributed by atoms with van der Waals surface area (Å²) < 4.78 is 9.15. The molecule has 2 aromatic heterocycles. The lowest BCUT2D eigenvalue weighted by Crippen LogP contribution is -2.48. The standard InChI is InChI=1S/C14H17BrN4O/c1-9-6-18(8-12(20-9)10-2-3-10)14-17-16-13-5-4-11(15)7-19(13)14/h4-5,7,9-10,12H,2-3,6,8H2,1H3/t9-,12-/m0/s1. The van der Waals surface area contributed by atoms with Crippen LogP contribution in [0.4, 0.5) is 5.95 Å². The first-order chi connectivity index (χ1) is 9.70. The number of pyridine rings is 1. The van der Waals surface area contributed by atoms with Crippen molar-refractivity contribution in [2.75, 3.05) is 18.0 Å². The first kappa shape index (κ1) is 12.6. The molecule has 1 saturated heterocycles. The Hall–Kier alpha value is -1.14. The Bertz CT molecular complexity index is 639. The summed E-state index contributed by atoms with van der Waals surface area (Å²) in [7, 11) is 0. The minimum Gasteiger partial charge on any atom is -0.371 e. The van der Waals surface area contributed by atoms with Crippen LogP contribution in [0.2, 0.25) is 0 Å². The summed E-state index contributed by atoms with van der Waals surface area (Å²) in [4.78, 5) is 2.31. The Balaban J connectivity index is 1.68. The molecule has 2 fully saturated rings. The number of rotatable bonds is 2. The van der Waals surface area contributed by atoms with Gasteiger partial charge in [0.05, 0.1) is 12.2 Å². The van der Waals surface area contributed by atoms with Crippen molar-refractivity contribution >= 4 is 27.5 Å². The second kappa shape index (κ2) is 4.70. The second-order valence-electron chi connectivity index (χ2n) is 5.80. The lowest BCUT2D eigenvalue weighted by Gasteiger charge is -2.37. The van der Waals surface area contributed by atoms with Crippen LogP contribution in [0.3, 0.4) is 0 Å². The Morgan fingerprint density at radius 3 is 2.90 bits per heavy atom. The molecule has 106 valence electrons. The summed E-state index contributed by atoms with van der Waals surface area (Å²) in [5.41, 5.74) is 0.880. The summed E-state index contributed by atoms with van der Waals surface area (Å²) in [5, 5.41) is 8.63. The SMILES string of the molecule is C[C@H]1CN(c2nnc3ccc(Br)cn23)C[C@@H](C2CC2)O1. The quantitative estimate of drug-likeness (QED) is 0.845. The molecule has 6 heteroatoms. The van der Waals surface area contributed by atoms with E-state index in [2.05, 4.69) is 38.0 Å². The molecular formula is C14H17BrN4O. The van der Waals surface area contributed by atoms with Crippen LogP contribution >= 0.6 is 15.9 Å². The van der Waals surface area contributed by atoms with Crippen LogP contribution in [-0.2, 0) is 4.74 Å². The third kappa shape index (κ3) is 2.20. The molecule has 2 aliphatic rings. The molecule has 5 nitrogen and oxygen atoms in total. The van der Waals surface area contributed by atoms with Gasteiger partial charge in [-0.25, -0.2) is 0 Å². The minimum atomic E-state index is 0.244. The van der Waals surface area contributed by atoms with E-state index < -0.39 is 0 Å². The van der Waals surface area contributed by atoms with Crippen molar-refractivity contribution in [1.29, 1.82) is 0 Å². The van der Waals surface area contributed by atoms with Gasteiger partial charge < -0.3 is 9.64 Å². The van der Waals surface area contributed by atoms with Crippen molar-refractivity contribution in [2.45, 2.75) is 32.0 Å². The number of morpholine rings is 1. The molecule has 1 aliphatic heterocycles. The van der Waals surface area contributed by atoms with Crippen molar-refractivity contribution in [1.82, 2.24) is 14.6 Å². The van der Waals surface area contributed by atoms with E-state index in [-0.39, 0.29) is 6.10 Å². The Labute approximate surface area is 126 Å². The van der Waals surface area contributed by atoms with Crippen molar-refractivity contribution in [2.24, 2.45) is 5.92 Å². The fraction of sp³-hybridized carbons (Fsp3) is 0.571. The topological polar surface area (TPSA) is 42.7 Å². The molecule has 4 rings (SSSR count).